The second-order valence-corrected chi connectivity index (χ2v) is 6.01. The van der Waals surface area contributed by atoms with Gasteiger partial charge in [-0.2, -0.15) is 0 Å². The lowest BCUT2D eigenvalue weighted by atomic mass is 10.2. The monoisotopic (exact) mass is 336 g/mol. The molecule has 0 spiro atoms. The molecule has 0 aliphatic carbocycles. The molecule has 0 aromatic heterocycles. The molecule has 1 heterocycles. The minimum Gasteiger partial charge on any atom is -0.381 e. The maximum atomic E-state index is 13.0. The number of rotatable bonds is 8. The van der Waals surface area contributed by atoms with Crippen molar-refractivity contribution >= 4 is 11.6 Å². The first-order valence-electron chi connectivity index (χ1n) is 8.84. The van der Waals surface area contributed by atoms with Crippen LogP contribution in [0.5, 0.6) is 0 Å². The second-order valence-electron chi connectivity index (χ2n) is 6.01. The fraction of sp³-hybridized carbons (Fsp3) is 0.611. The standard InChI is InChI=1S/C18H29FN4O/c1-2-3-14-24-15-4-9-21-18(20)23-12-10-22(11-13-23)17-7-5-16(19)6-8-17/h5-8H,2-4,9-15H2,1H3,(H2,20,21). The van der Waals surface area contributed by atoms with Gasteiger partial charge >= 0.3 is 0 Å². The van der Waals surface area contributed by atoms with Gasteiger partial charge in [-0.3, -0.25) is 4.99 Å². The van der Waals surface area contributed by atoms with Crippen molar-refractivity contribution in [1.82, 2.24) is 4.90 Å². The highest BCUT2D eigenvalue weighted by molar-refractivity contribution is 5.78. The zero-order valence-corrected chi connectivity index (χ0v) is 14.6. The molecule has 1 aliphatic rings. The van der Waals surface area contributed by atoms with Gasteiger partial charge in [-0.05, 0) is 37.1 Å². The largest absolute Gasteiger partial charge is 0.381 e. The van der Waals surface area contributed by atoms with E-state index in [4.69, 9.17) is 10.5 Å². The van der Waals surface area contributed by atoms with E-state index in [1.54, 1.807) is 0 Å². The van der Waals surface area contributed by atoms with Crippen molar-refractivity contribution in [3.63, 3.8) is 0 Å². The molecule has 2 rings (SSSR count). The van der Waals surface area contributed by atoms with Crippen LogP contribution in [0.1, 0.15) is 26.2 Å². The van der Waals surface area contributed by atoms with Crippen LogP contribution in [-0.2, 0) is 4.74 Å². The number of benzene rings is 1. The molecule has 1 aromatic rings. The molecular formula is C18H29FN4O. The second kappa shape index (κ2) is 10.1. The van der Waals surface area contributed by atoms with E-state index in [9.17, 15) is 4.39 Å². The highest BCUT2D eigenvalue weighted by atomic mass is 19.1. The molecule has 0 bridgehead atoms. The third-order valence-electron chi connectivity index (χ3n) is 4.16. The number of unbranched alkanes of at least 4 members (excludes halogenated alkanes) is 1. The number of nitrogens with zero attached hydrogens (tertiary/aromatic N) is 3. The smallest absolute Gasteiger partial charge is 0.191 e. The van der Waals surface area contributed by atoms with Gasteiger partial charge < -0.3 is 20.3 Å². The molecule has 0 radical (unpaired) electrons. The zero-order valence-electron chi connectivity index (χ0n) is 14.6. The van der Waals surface area contributed by atoms with Crippen molar-refractivity contribution in [3.05, 3.63) is 30.1 Å². The van der Waals surface area contributed by atoms with Crippen molar-refractivity contribution in [2.24, 2.45) is 10.7 Å². The highest BCUT2D eigenvalue weighted by Crippen LogP contribution is 2.16. The summed E-state index contributed by atoms with van der Waals surface area (Å²) < 4.78 is 18.5. The van der Waals surface area contributed by atoms with Gasteiger partial charge in [0.2, 0.25) is 0 Å². The van der Waals surface area contributed by atoms with Crippen molar-refractivity contribution in [1.29, 1.82) is 0 Å². The summed E-state index contributed by atoms with van der Waals surface area (Å²) in [4.78, 5) is 8.80. The molecule has 24 heavy (non-hydrogen) atoms. The summed E-state index contributed by atoms with van der Waals surface area (Å²) >= 11 is 0. The van der Waals surface area contributed by atoms with E-state index < -0.39 is 0 Å². The zero-order chi connectivity index (χ0) is 17.2. The Morgan fingerprint density at radius 2 is 1.79 bits per heavy atom. The molecule has 5 nitrogen and oxygen atoms in total. The third kappa shape index (κ3) is 6.00. The topological polar surface area (TPSA) is 54.1 Å². The Morgan fingerprint density at radius 3 is 2.46 bits per heavy atom. The van der Waals surface area contributed by atoms with E-state index in [1.165, 1.54) is 12.1 Å². The molecule has 1 fully saturated rings. The lowest BCUT2D eigenvalue weighted by Crippen LogP contribution is -2.51. The SMILES string of the molecule is CCCCOCCCN=C(N)N1CCN(c2ccc(F)cc2)CC1. The van der Waals surface area contributed by atoms with Crippen LogP contribution in [0.3, 0.4) is 0 Å². The summed E-state index contributed by atoms with van der Waals surface area (Å²) in [6.45, 7) is 7.83. The van der Waals surface area contributed by atoms with E-state index in [2.05, 4.69) is 21.7 Å². The van der Waals surface area contributed by atoms with Gasteiger partial charge in [-0.25, -0.2) is 4.39 Å². The lowest BCUT2D eigenvalue weighted by molar-refractivity contribution is 0.130. The van der Waals surface area contributed by atoms with Crippen LogP contribution in [0.4, 0.5) is 10.1 Å². The van der Waals surface area contributed by atoms with E-state index in [-0.39, 0.29) is 5.82 Å². The van der Waals surface area contributed by atoms with E-state index in [1.807, 2.05) is 12.1 Å². The van der Waals surface area contributed by atoms with Crippen LogP contribution in [0.25, 0.3) is 0 Å². The van der Waals surface area contributed by atoms with Gasteiger partial charge in [-0.1, -0.05) is 13.3 Å². The molecule has 1 aromatic carbocycles. The van der Waals surface area contributed by atoms with Crippen LogP contribution in [-0.4, -0.2) is 56.8 Å². The summed E-state index contributed by atoms with van der Waals surface area (Å²) in [5.74, 6) is 0.412. The van der Waals surface area contributed by atoms with Crippen molar-refractivity contribution in [2.45, 2.75) is 26.2 Å². The minimum atomic E-state index is -0.201. The van der Waals surface area contributed by atoms with Gasteiger partial charge in [0.15, 0.2) is 5.96 Å². The minimum absolute atomic E-state index is 0.201. The van der Waals surface area contributed by atoms with Crippen molar-refractivity contribution < 1.29 is 9.13 Å². The molecular weight excluding hydrogens is 307 g/mol. The lowest BCUT2D eigenvalue weighted by Gasteiger charge is -2.36. The number of aliphatic imine (C=N–C) groups is 1. The molecule has 6 heteroatoms. The van der Waals surface area contributed by atoms with Gasteiger partial charge in [0.25, 0.3) is 0 Å². The average Bonchev–Trinajstić information content (AvgIpc) is 2.61. The maximum Gasteiger partial charge on any atom is 0.191 e. The molecule has 0 unspecified atom stereocenters. The Balaban J connectivity index is 1.67. The average molecular weight is 336 g/mol. The Morgan fingerprint density at radius 1 is 1.12 bits per heavy atom. The summed E-state index contributed by atoms with van der Waals surface area (Å²) in [6.07, 6.45) is 3.18. The van der Waals surface area contributed by atoms with E-state index in [0.717, 1.165) is 64.3 Å². The Hall–Kier alpha value is -1.82. The quantitative estimate of drug-likeness (QED) is 0.450. The first-order valence-corrected chi connectivity index (χ1v) is 8.84. The maximum absolute atomic E-state index is 13.0. The molecule has 134 valence electrons. The normalized spacial score (nSPS) is 15.8. The molecule has 0 atom stereocenters. The molecule has 0 saturated carbocycles. The van der Waals surface area contributed by atoms with Crippen LogP contribution in [0, 0.1) is 5.82 Å². The van der Waals surface area contributed by atoms with Crippen molar-refractivity contribution in [3.8, 4) is 0 Å². The summed E-state index contributed by atoms with van der Waals surface area (Å²) in [5, 5.41) is 0. The number of nitrogens with two attached hydrogens (primary N) is 1. The summed E-state index contributed by atoms with van der Waals surface area (Å²) in [6, 6.07) is 6.64. The summed E-state index contributed by atoms with van der Waals surface area (Å²) in [7, 11) is 0. The van der Waals surface area contributed by atoms with Crippen molar-refractivity contribution in [2.75, 3.05) is 50.8 Å². The van der Waals surface area contributed by atoms with Crippen LogP contribution in [0.2, 0.25) is 0 Å². The molecule has 1 aliphatic heterocycles. The van der Waals surface area contributed by atoms with E-state index >= 15 is 0 Å². The number of guanidine groups is 1. The van der Waals surface area contributed by atoms with Gasteiger partial charge in [0.05, 0.1) is 0 Å². The Labute approximate surface area is 144 Å². The molecule has 2 N–H and O–H groups in total. The van der Waals surface area contributed by atoms with Crippen LogP contribution < -0.4 is 10.6 Å². The number of piperazine rings is 1. The predicted octanol–water partition coefficient (Wildman–Crippen LogP) is 2.47. The fourth-order valence-electron chi connectivity index (χ4n) is 2.65. The van der Waals surface area contributed by atoms with Crippen LogP contribution in [0.15, 0.2) is 29.3 Å². The highest BCUT2D eigenvalue weighted by Gasteiger charge is 2.18. The molecule has 1 saturated heterocycles. The number of anilines is 1. The Bertz CT molecular complexity index is 498. The van der Waals surface area contributed by atoms with Gasteiger partial charge in [-0.15, -0.1) is 0 Å². The number of halogens is 1. The first-order chi connectivity index (χ1) is 11.7. The van der Waals surface area contributed by atoms with Gasteiger partial charge in [0, 0.05) is 51.6 Å². The summed E-state index contributed by atoms with van der Waals surface area (Å²) in [5.41, 5.74) is 7.13. The van der Waals surface area contributed by atoms with E-state index in [0.29, 0.717) is 12.5 Å². The fourth-order valence-corrected chi connectivity index (χ4v) is 2.65. The predicted molar refractivity (Wildman–Crippen MR) is 97.0 cm³/mol. The Kier molecular flexibility index (Phi) is 7.82. The third-order valence-corrected chi connectivity index (χ3v) is 4.16. The molecule has 0 amide bonds. The number of hydrogen-bond donors (Lipinski definition) is 1. The first kappa shape index (κ1) is 18.5. The van der Waals surface area contributed by atoms with Gasteiger partial charge in [0.1, 0.15) is 5.82 Å². The number of hydrogen-bond acceptors (Lipinski definition) is 3. The number of ether oxygens (including phenoxy) is 1. The van der Waals surface area contributed by atoms with Crippen LogP contribution >= 0.6 is 0 Å².